The first kappa shape index (κ1) is 27.4. The molecule has 2 aliphatic heterocycles. The lowest BCUT2D eigenvalue weighted by Crippen LogP contribution is -2.41. The summed E-state index contributed by atoms with van der Waals surface area (Å²) in [6.07, 6.45) is 0. The van der Waals surface area contributed by atoms with Gasteiger partial charge in [-0.15, -0.1) is 11.3 Å². The number of nitrogens with zero attached hydrogens (tertiary/aromatic N) is 5. The fourth-order valence-electron chi connectivity index (χ4n) is 4.25. The first-order valence-electron chi connectivity index (χ1n) is 13.1. The van der Waals surface area contributed by atoms with E-state index in [0.29, 0.717) is 46.7 Å². The Balaban J connectivity index is 1.20. The molecule has 0 radical (unpaired) electrons. The first-order chi connectivity index (χ1) is 19.5. The van der Waals surface area contributed by atoms with Crippen molar-refractivity contribution >= 4 is 45.4 Å². The first-order valence-corrected chi connectivity index (χ1v) is 14.0. The molecule has 0 aliphatic carbocycles. The third-order valence-corrected chi connectivity index (χ3v) is 7.21. The average molecular weight is 562 g/mol. The molecule has 0 atom stereocenters. The molecule has 2 amide bonds. The topological polar surface area (TPSA) is 121 Å². The summed E-state index contributed by atoms with van der Waals surface area (Å²) >= 11 is 1.31. The van der Waals surface area contributed by atoms with Crippen molar-refractivity contribution in [3.8, 4) is 17.0 Å². The van der Waals surface area contributed by atoms with E-state index in [1.165, 1.54) is 16.3 Å². The predicted octanol–water partition coefficient (Wildman–Crippen LogP) is 3.46. The molecule has 0 unspecified atom stereocenters. The highest BCUT2D eigenvalue weighted by atomic mass is 32.1. The highest BCUT2D eigenvalue weighted by Gasteiger charge is 2.32. The van der Waals surface area contributed by atoms with E-state index in [0.717, 1.165) is 38.4 Å². The van der Waals surface area contributed by atoms with Crippen molar-refractivity contribution in [3.05, 3.63) is 59.5 Å². The predicted molar refractivity (Wildman–Crippen MR) is 156 cm³/mol. The Morgan fingerprint density at radius 1 is 1.15 bits per heavy atom. The zero-order valence-corrected chi connectivity index (χ0v) is 23.2. The Bertz CT molecular complexity index is 1410. The molecule has 0 spiro atoms. The van der Waals surface area contributed by atoms with Crippen LogP contribution in [-0.4, -0.2) is 79.1 Å². The van der Waals surface area contributed by atoms with Crippen LogP contribution in [0.3, 0.4) is 0 Å². The van der Waals surface area contributed by atoms with Crippen LogP contribution >= 0.6 is 11.3 Å². The largest absolute Gasteiger partial charge is 0.492 e. The van der Waals surface area contributed by atoms with Gasteiger partial charge in [-0.3, -0.25) is 19.9 Å². The molecule has 0 saturated carbocycles. The van der Waals surface area contributed by atoms with Gasteiger partial charge in [-0.25, -0.2) is 4.98 Å². The van der Waals surface area contributed by atoms with Crippen LogP contribution in [0.2, 0.25) is 0 Å². The minimum atomic E-state index is -0.371. The minimum Gasteiger partial charge on any atom is -0.492 e. The van der Waals surface area contributed by atoms with Gasteiger partial charge in [-0.1, -0.05) is 24.3 Å². The Morgan fingerprint density at radius 2 is 1.93 bits per heavy atom. The number of para-hydroxylation sites is 2. The van der Waals surface area contributed by atoms with Crippen molar-refractivity contribution in [1.82, 2.24) is 15.2 Å². The average Bonchev–Trinajstić information content (AvgIpc) is 3.58. The van der Waals surface area contributed by atoms with Gasteiger partial charge >= 0.3 is 5.91 Å². The standard InChI is InChI=1S/C28H31N7O4S/c1-3-39-24-7-5-4-6-22(24)31-32-25-19(2)33-35(27(25)37)28-30-23(18-40-28)20-8-10-21(11-9-20)26(36)29-12-13-34-14-16-38-17-15-34/h4-11,18,31H,3,12-17H2,1-2H3,(H,29,36)/b32-25+. The summed E-state index contributed by atoms with van der Waals surface area (Å²) < 4.78 is 11.0. The molecule has 11 nitrogen and oxygen atoms in total. The summed E-state index contributed by atoms with van der Waals surface area (Å²) in [4.78, 5) is 32.6. The molecule has 1 fully saturated rings. The van der Waals surface area contributed by atoms with Crippen molar-refractivity contribution in [2.24, 2.45) is 10.2 Å². The van der Waals surface area contributed by atoms with Gasteiger partial charge in [0.25, 0.3) is 5.91 Å². The van der Waals surface area contributed by atoms with E-state index < -0.39 is 0 Å². The maximum atomic E-state index is 13.1. The van der Waals surface area contributed by atoms with Crippen LogP contribution in [0.5, 0.6) is 5.75 Å². The zero-order chi connectivity index (χ0) is 27.9. The third-order valence-electron chi connectivity index (χ3n) is 6.40. The lowest BCUT2D eigenvalue weighted by atomic mass is 10.1. The summed E-state index contributed by atoms with van der Waals surface area (Å²) in [5, 5.41) is 15.2. The zero-order valence-electron chi connectivity index (χ0n) is 22.4. The van der Waals surface area contributed by atoms with Crippen molar-refractivity contribution < 1.29 is 19.1 Å². The second kappa shape index (κ2) is 12.8. The van der Waals surface area contributed by atoms with Gasteiger partial charge in [-0.05, 0) is 38.1 Å². The van der Waals surface area contributed by atoms with Gasteiger partial charge in [-0.2, -0.15) is 15.2 Å². The molecule has 208 valence electrons. The van der Waals surface area contributed by atoms with Crippen LogP contribution in [-0.2, 0) is 9.53 Å². The number of hydrogen-bond acceptors (Lipinski definition) is 10. The number of carbonyl (C=O) groups is 2. The van der Waals surface area contributed by atoms with Gasteiger partial charge in [0.15, 0.2) is 5.71 Å². The number of nitrogens with one attached hydrogen (secondary N) is 2. The monoisotopic (exact) mass is 561 g/mol. The summed E-state index contributed by atoms with van der Waals surface area (Å²) in [5.41, 5.74) is 6.36. The summed E-state index contributed by atoms with van der Waals surface area (Å²) in [7, 11) is 0. The number of amides is 2. The van der Waals surface area contributed by atoms with Gasteiger partial charge in [0.2, 0.25) is 5.13 Å². The van der Waals surface area contributed by atoms with E-state index in [9.17, 15) is 9.59 Å². The Kier molecular flexibility index (Phi) is 8.79. The number of morpholine rings is 1. The molecular weight excluding hydrogens is 530 g/mol. The fraction of sp³-hybridized carbons (Fsp3) is 0.321. The van der Waals surface area contributed by atoms with E-state index in [1.807, 2.05) is 48.7 Å². The van der Waals surface area contributed by atoms with Gasteiger partial charge in [0.1, 0.15) is 5.75 Å². The van der Waals surface area contributed by atoms with Crippen molar-refractivity contribution in [3.63, 3.8) is 0 Å². The molecule has 2 aromatic carbocycles. The molecular formula is C28H31N7O4S. The molecule has 5 rings (SSSR count). The van der Waals surface area contributed by atoms with E-state index in [2.05, 4.69) is 30.8 Å². The lowest BCUT2D eigenvalue weighted by Gasteiger charge is -2.26. The van der Waals surface area contributed by atoms with Crippen LogP contribution in [0.15, 0.2) is 64.1 Å². The van der Waals surface area contributed by atoms with Crippen molar-refractivity contribution in [1.29, 1.82) is 0 Å². The van der Waals surface area contributed by atoms with Crippen LogP contribution in [0.25, 0.3) is 11.3 Å². The number of thiazole rings is 1. The summed E-state index contributed by atoms with van der Waals surface area (Å²) in [6, 6.07) is 14.6. The molecule has 40 heavy (non-hydrogen) atoms. The van der Waals surface area contributed by atoms with Crippen LogP contribution < -0.4 is 20.5 Å². The van der Waals surface area contributed by atoms with E-state index in [-0.39, 0.29) is 17.5 Å². The molecule has 2 N–H and O–H groups in total. The van der Waals surface area contributed by atoms with Crippen LogP contribution in [0.4, 0.5) is 10.8 Å². The number of anilines is 2. The van der Waals surface area contributed by atoms with Gasteiger partial charge in [0.05, 0.1) is 36.9 Å². The number of benzene rings is 2. The molecule has 2 aliphatic rings. The number of ether oxygens (including phenoxy) is 2. The smallest absolute Gasteiger partial charge is 0.303 e. The number of hydrazone groups is 2. The van der Waals surface area contributed by atoms with Crippen LogP contribution in [0, 0.1) is 0 Å². The SMILES string of the molecule is CCOc1ccccc1N/N=C1/C(=O)N(c2nc(-c3ccc(C(=O)NCCN4CCOCC4)cc3)cs2)N=C1C. The van der Waals surface area contributed by atoms with Crippen LogP contribution in [0.1, 0.15) is 24.2 Å². The molecule has 1 aromatic heterocycles. The highest BCUT2D eigenvalue weighted by Crippen LogP contribution is 2.30. The maximum absolute atomic E-state index is 13.1. The number of rotatable bonds is 10. The molecule has 3 aromatic rings. The highest BCUT2D eigenvalue weighted by molar-refractivity contribution is 7.14. The second-order valence-corrected chi connectivity index (χ2v) is 9.94. The third kappa shape index (κ3) is 6.36. The molecule has 0 bridgehead atoms. The maximum Gasteiger partial charge on any atom is 0.303 e. The molecule has 1 saturated heterocycles. The molecule has 3 heterocycles. The lowest BCUT2D eigenvalue weighted by molar-refractivity contribution is -0.112. The summed E-state index contributed by atoms with van der Waals surface area (Å²) in [6.45, 7) is 8.79. The summed E-state index contributed by atoms with van der Waals surface area (Å²) in [5.74, 6) is 0.159. The van der Waals surface area contributed by atoms with E-state index in [4.69, 9.17) is 9.47 Å². The van der Waals surface area contributed by atoms with Crippen molar-refractivity contribution in [2.75, 3.05) is 56.4 Å². The molecule has 12 heteroatoms. The van der Waals surface area contributed by atoms with E-state index >= 15 is 0 Å². The number of aromatic nitrogens is 1. The Morgan fingerprint density at radius 3 is 2.70 bits per heavy atom. The fourth-order valence-corrected chi connectivity index (χ4v) is 5.03. The quantitative estimate of drug-likeness (QED) is 0.364. The Hall–Kier alpha value is -4.13. The Labute approximate surface area is 236 Å². The number of hydrogen-bond donors (Lipinski definition) is 2. The van der Waals surface area contributed by atoms with E-state index in [1.54, 1.807) is 19.1 Å². The second-order valence-electron chi connectivity index (χ2n) is 9.11. The van der Waals surface area contributed by atoms with Crippen molar-refractivity contribution in [2.45, 2.75) is 13.8 Å². The normalized spacial score (nSPS) is 16.8. The van der Waals surface area contributed by atoms with Gasteiger partial charge in [0, 0.05) is 42.7 Å². The minimum absolute atomic E-state index is 0.115. The van der Waals surface area contributed by atoms with Gasteiger partial charge < -0.3 is 14.8 Å². The number of carbonyl (C=O) groups excluding carboxylic acids is 2.